The Hall–Kier alpha value is -1.80. The molecule has 1 rings (SSSR count). The Morgan fingerprint density at radius 1 is 1.33 bits per heavy atom. The first-order chi connectivity index (χ1) is 8.35. The van der Waals surface area contributed by atoms with E-state index in [4.69, 9.17) is 4.18 Å². The Bertz CT molecular complexity index is 528. The van der Waals surface area contributed by atoms with Gasteiger partial charge in [0.2, 0.25) is 0 Å². The Balaban J connectivity index is 2.86. The number of urea groups is 1. The van der Waals surface area contributed by atoms with Gasteiger partial charge in [0.25, 0.3) is 0 Å². The molecule has 0 aliphatic rings. The minimum Gasteiger partial charge on any atom is -0.371 e. The first-order valence-corrected chi connectivity index (χ1v) is 6.42. The molecule has 100 valence electrons. The van der Waals surface area contributed by atoms with Gasteiger partial charge in [0.1, 0.15) is 5.75 Å². The molecule has 0 aliphatic heterocycles. The summed E-state index contributed by atoms with van der Waals surface area (Å²) in [4.78, 5) is 11.1. The van der Waals surface area contributed by atoms with Crippen LogP contribution in [0.25, 0.3) is 0 Å². The van der Waals surface area contributed by atoms with Crippen LogP contribution in [-0.2, 0) is 10.3 Å². The Kier molecular flexibility index (Phi) is 4.51. The van der Waals surface area contributed by atoms with Crippen LogP contribution < -0.4 is 14.8 Å². The number of hydrogen-bond donors (Lipinski definition) is 2. The fourth-order valence-corrected chi connectivity index (χ4v) is 1.51. The number of anilines is 1. The molecule has 2 amide bonds. The average Bonchev–Trinajstić information content (AvgIpc) is 2.28. The van der Waals surface area contributed by atoms with Gasteiger partial charge in [-0.2, -0.15) is 12.7 Å². The topological polar surface area (TPSA) is 87.7 Å². The predicted molar refractivity (Wildman–Crippen MR) is 67.8 cm³/mol. The lowest BCUT2D eigenvalue weighted by atomic mass is 10.3. The van der Waals surface area contributed by atoms with Gasteiger partial charge in [0.05, 0.1) is 0 Å². The first-order valence-electron chi connectivity index (χ1n) is 5.06. The van der Waals surface area contributed by atoms with Gasteiger partial charge in [-0.3, -0.25) is 0 Å². The summed E-state index contributed by atoms with van der Waals surface area (Å²) in [5.41, 5.74) is 0.431. The average molecular weight is 273 g/mol. The number of nitrogens with zero attached hydrogens (tertiary/aromatic N) is 1. The van der Waals surface area contributed by atoms with Crippen molar-refractivity contribution in [3.63, 3.8) is 0 Å². The van der Waals surface area contributed by atoms with Crippen molar-refractivity contribution in [2.75, 3.05) is 26.5 Å². The van der Waals surface area contributed by atoms with Crippen LogP contribution in [0.3, 0.4) is 0 Å². The van der Waals surface area contributed by atoms with Gasteiger partial charge in [0, 0.05) is 32.9 Å². The van der Waals surface area contributed by atoms with Crippen LogP contribution in [0.1, 0.15) is 0 Å². The summed E-state index contributed by atoms with van der Waals surface area (Å²) < 4.78 is 28.8. The Morgan fingerprint density at radius 2 is 2.00 bits per heavy atom. The molecule has 0 atom stereocenters. The summed E-state index contributed by atoms with van der Waals surface area (Å²) in [5, 5.41) is 4.89. The third kappa shape index (κ3) is 3.90. The van der Waals surface area contributed by atoms with Crippen molar-refractivity contribution in [3.8, 4) is 5.75 Å². The number of amides is 2. The molecule has 7 nitrogen and oxygen atoms in total. The molecule has 0 radical (unpaired) electrons. The highest BCUT2D eigenvalue weighted by Crippen LogP contribution is 2.19. The highest BCUT2D eigenvalue weighted by atomic mass is 32.2. The molecule has 1 aromatic carbocycles. The lowest BCUT2D eigenvalue weighted by Crippen LogP contribution is -2.27. The van der Waals surface area contributed by atoms with Gasteiger partial charge in [-0.15, -0.1) is 0 Å². The second kappa shape index (κ2) is 5.69. The summed E-state index contributed by atoms with van der Waals surface area (Å²) in [6, 6.07) is 5.69. The summed E-state index contributed by atoms with van der Waals surface area (Å²) in [7, 11) is 0.407. The molecule has 0 unspecified atom stereocenters. The Morgan fingerprint density at radius 3 is 2.56 bits per heavy atom. The van der Waals surface area contributed by atoms with Crippen LogP contribution in [0, 0.1) is 0 Å². The molecule has 0 saturated heterocycles. The van der Waals surface area contributed by atoms with Crippen molar-refractivity contribution in [1.82, 2.24) is 9.62 Å². The summed E-state index contributed by atoms with van der Waals surface area (Å²) in [5.74, 6) is 0.123. The van der Waals surface area contributed by atoms with Gasteiger partial charge < -0.3 is 14.8 Å². The maximum Gasteiger partial charge on any atom is 0.384 e. The van der Waals surface area contributed by atoms with E-state index in [0.29, 0.717) is 5.69 Å². The van der Waals surface area contributed by atoms with E-state index in [1.165, 1.54) is 33.3 Å². The van der Waals surface area contributed by atoms with E-state index in [9.17, 15) is 13.2 Å². The standard InChI is InChI=1S/C10H15N3O4S/c1-11-10(14)12-8-5-4-6-9(7-8)17-18(15,16)13(2)3/h4-7H,1-3H3,(H2,11,12,14). The number of benzene rings is 1. The van der Waals surface area contributed by atoms with E-state index in [2.05, 4.69) is 10.6 Å². The number of nitrogens with one attached hydrogen (secondary N) is 2. The fraction of sp³-hybridized carbons (Fsp3) is 0.300. The number of carbonyl (C=O) groups is 1. The molecule has 0 aromatic heterocycles. The normalized spacial score (nSPS) is 11.1. The molecule has 0 aliphatic carbocycles. The van der Waals surface area contributed by atoms with Gasteiger partial charge in [-0.05, 0) is 12.1 Å². The highest BCUT2D eigenvalue weighted by Gasteiger charge is 2.15. The molecule has 1 aromatic rings. The van der Waals surface area contributed by atoms with Crippen molar-refractivity contribution in [2.45, 2.75) is 0 Å². The molecular weight excluding hydrogens is 258 g/mol. The van der Waals surface area contributed by atoms with E-state index in [1.54, 1.807) is 12.1 Å². The van der Waals surface area contributed by atoms with Crippen LogP contribution in [-0.4, -0.2) is 39.9 Å². The maximum absolute atomic E-state index is 11.5. The molecule has 18 heavy (non-hydrogen) atoms. The SMILES string of the molecule is CNC(=O)Nc1cccc(OS(=O)(=O)N(C)C)c1. The van der Waals surface area contributed by atoms with Crippen molar-refractivity contribution in [3.05, 3.63) is 24.3 Å². The molecule has 0 spiro atoms. The van der Waals surface area contributed by atoms with E-state index in [1.807, 2.05) is 0 Å². The van der Waals surface area contributed by atoms with E-state index in [0.717, 1.165) is 4.31 Å². The fourth-order valence-electron chi connectivity index (χ4n) is 1.02. The second-order valence-corrected chi connectivity index (χ2v) is 5.31. The van der Waals surface area contributed by atoms with E-state index in [-0.39, 0.29) is 5.75 Å². The third-order valence-electron chi connectivity index (χ3n) is 1.97. The van der Waals surface area contributed by atoms with Crippen molar-refractivity contribution < 1.29 is 17.4 Å². The number of carbonyl (C=O) groups excluding carboxylic acids is 1. The van der Waals surface area contributed by atoms with Gasteiger partial charge in [0.15, 0.2) is 0 Å². The number of hydrogen-bond acceptors (Lipinski definition) is 4. The molecule has 2 N–H and O–H groups in total. The first kappa shape index (κ1) is 14.3. The van der Waals surface area contributed by atoms with Crippen molar-refractivity contribution >= 4 is 22.0 Å². The van der Waals surface area contributed by atoms with Crippen molar-refractivity contribution in [1.29, 1.82) is 0 Å². The largest absolute Gasteiger partial charge is 0.384 e. The van der Waals surface area contributed by atoms with Crippen LogP contribution in [0.15, 0.2) is 24.3 Å². The predicted octanol–water partition coefficient (Wildman–Crippen LogP) is 0.623. The lowest BCUT2D eigenvalue weighted by molar-refractivity contribution is 0.254. The third-order valence-corrected chi connectivity index (χ3v) is 3.27. The smallest absolute Gasteiger partial charge is 0.371 e. The quantitative estimate of drug-likeness (QED) is 0.842. The highest BCUT2D eigenvalue weighted by molar-refractivity contribution is 7.84. The minimum absolute atomic E-state index is 0.123. The lowest BCUT2D eigenvalue weighted by Gasteiger charge is -2.12. The zero-order valence-electron chi connectivity index (χ0n) is 10.3. The Labute approximate surface area is 106 Å². The summed E-state index contributed by atoms with van der Waals surface area (Å²) >= 11 is 0. The summed E-state index contributed by atoms with van der Waals surface area (Å²) in [6.07, 6.45) is 0. The molecule has 8 heteroatoms. The number of rotatable bonds is 4. The van der Waals surface area contributed by atoms with Crippen LogP contribution in [0.4, 0.5) is 10.5 Å². The van der Waals surface area contributed by atoms with E-state index < -0.39 is 16.3 Å². The van der Waals surface area contributed by atoms with Gasteiger partial charge in [-0.25, -0.2) is 4.79 Å². The van der Waals surface area contributed by atoms with Crippen LogP contribution in [0.5, 0.6) is 5.75 Å². The van der Waals surface area contributed by atoms with Gasteiger partial charge >= 0.3 is 16.3 Å². The maximum atomic E-state index is 11.5. The summed E-state index contributed by atoms with van der Waals surface area (Å²) in [6.45, 7) is 0. The monoisotopic (exact) mass is 273 g/mol. The zero-order valence-corrected chi connectivity index (χ0v) is 11.1. The van der Waals surface area contributed by atoms with Gasteiger partial charge in [-0.1, -0.05) is 6.07 Å². The second-order valence-electron chi connectivity index (χ2n) is 3.56. The van der Waals surface area contributed by atoms with Crippen molar-refractivity contribution in [2.24, 2.45) is 0 Å². The minimum atomic E-state index is -3.80. The molecule has 0 saturated carbocycles. The molecular formula is C10H15N3O4S. The zero-order chi connectivity index (χ0) is 13.8. The van der Waals surface area contributed by atoms with E-state index >= 15 is 0 Å². The molecule has 0 heterocycles. The molecule has 0 fully saturated rings. The van der Waals surface area contributed by atoms with Crippen LogP contribution in [0.2, 0.25) is 0 Å². The molecule has 0 bridgehead atoms. The van der Waals surface area contributed by atoms with Crippen LogP contribution >= 0.6 is 0 Å².